The Morgan fingerprint density at radius 1 is 1.03 bits per heavy atom. The van der Waals surface area contributed by atoms with Gasteiger partial charge in [0.05, 0.1) is 17.4 Å². The molecular formula is C25H22N4O4. The van der Waals surface area contributed by atoms with Crippen LogP contribution in [0.3, 0.4) is 0 Å². The van der Waals surface area contributed by atoms with Gasteiger partial charge in [0, 0.05) is 29.5 Å². The Balaban J connectivity index is 1.36. The van der Waals surface area contributed by atoms with Crippen molar-refractivity contribution in [3.05, 3.63) is 105 Å². The van der Waals surface area contributed by atoms with Gasteiger partial charge < -0.3 is 0 Å². The fourth-order valence-electron chi connectivity index (χ4n) is 4.09. The number of aromatic nitrogens is 2. The summed E-state index contributed by atoms with van der Waals surface area (Å²) in [4.78, 5) is 52.3. The van der Waals surface area contributed by atoms with Gasteiger partial charge in [0.25, 0.3) is 11.5 Å². The summed E-state index contributed by atoms with van der Waals surface area (Å²) in [5.41, 5.74) is 4.20. The van der Waals surface area contributed by atoms with E-state index in [-0.39, 0.29) is 24.2 Å². The number of nitrogens with zero attached hydrogens (tertiary/aromatic N) is 2. The molecule has 2 N–H and O–H groups in total. The van der Waals surface area contributed by atoms with Gasteiger partial charge in [-0.3, -0.25) is 29.4 Å². The minimum Gasteiger partial charge on any atom is -0.298 e. The molecule has 0 unspecified atom stereocenters. The second-order valence-electron chi connectivity index (χ2n) is 8.27. The number of amides is 1. The van der Waals surface area contributed by atoms with Crippen molar-refractivity contribution in [1.29, 1.82) is 0 Å². The lowest BCUT2D eigenvalue weighted by molar-refractivity contribution is -0.121. The number of nitrogens with one attached hydrogen (secondary N) is 2. The molecule has 1 amide bonds. The van der Waals surface area contributed by atoms with Gasteiger partial charge in [-0.2, -0.15) is 0 Å². The zero-order chi connectivity index (χ0) is 22.9. The fourth-order valence-corrected chi connectivity index (χ4v) is 4.09. The molecule has 8 heteroatoms. The number of carbonyl (C=O) groups excluding carboxylic acids is 2. The minimum absolute atomic E-state index is 0.0917. The molecule has 0 atom stereocenters. The van der Waals surface area contributed by atoms with Gasteiger partial charge >= 0.3 is 5.69 Å². The number of para-hydroxylation sites is 1. The molecular weight excluding hydrogens is 420 g/mol. The third-order valence-electron chi connectivity index (χ3n) is 6.16. The van der Waals surface area contributed by atoms with Crippen molar-refractivity contribution in [2.45, 2.75) is 25.8 Å². The van der Waals surface area contributed by atoms with Crippen LogP contribution in [-0.4, -0.2) is 26.3 Å². The normalized spacial score (nSPS) is 15.6. The SMILES string of the molecule is O=C(C1=CNN(C(=O)c2cccc(Cn3c(=O)[nH]c(=O)c4ccccc43)c2)C=C1)C1CCC1. The second kappa shape index (κ2) is 8.38. The molecule has 8 nitrogen and oxygen atoms in total. The van der Waals surface area contributed by atoms with Crippen LogP contribution in [0, 0.1) is 5.92 Å². The number of hydrogen-bond acceptors (Lipinski definition) is 5. The molecule has 0 bridgehead atoms. The quantitative estimate of drug-likeness (QED) is 0.632. The number of aromatic amines is 1. The van der Waals surface area contributed by atoms with Gasteiger partial charge in [0.2, 0.25) is 0 Å². The molecule has 1 saturated carbocycles. The van der Waals surface area contributed by atoms with Crippen molar-refractivity contribution < 1.29 is 9.59 Å². The molecule has 3 aromatic rings. The predicted molar refractivity (Wildman–Crippen MR) is 123 cm³/mol. The summed E-state index contributed by atoms with van der Waals surface area (Å²) in [6.45, 7) is 0.195. The highest BCUT2D eigenvalue weighted by molar-refractivity contribution is 6.01. The first-order chi connectivity index (χ1) is 16.0. The van der Waals surface area contributed by atoms with Crippen molar-refractivity contribution in [1.82, 2.24) is 20.0 Å². The van der Waals surface area contributed by atoms with Gasteiger partial charge in [-0.25, -0.2) is 9.80 Å². The molecule has 1 aromatic heterocycles. The Morgan fingerprint density at radius 3 is 2.58 bits per heavy atom. The number of fused-ring (bicyclic) bond motifs is 1. The molecule has 2 aliphatic rings. The van der Waals surface area contributed by atoms with Crippen molar-refractivity contribution in [2.24, 2.45) is 5.92 Å². The van der Waals surface area contributed by atoms with Gasteiger partial charge in [0.15, 0.2) is 5.78 Å². The van der Waals surface area contributed by atoms with E-state index in [2.05, 4.69) is 10.4 Å². The van der Waals surface area contributed by atoms with Crippen LogP contribution in [-0.2, 0) is 11.3 Å². The van der Waals surface area contributed by atoms with E-state index in [0.29, 0.717) is 22.0 Å². The number of carbonyl (C=O) groups is 2. The zero-order valence-electron chi connectivity index (χ0n) is 17.8. The highest BCUT2D eigenvalue weighted by Gasteiger charge is 2.28. The Labute approximate surface area is 188 Å². The topological polar surface area (TPSA) is 104 Å². The third-order valence-corrected chi connectivity index (χ3v) is 6.16. The molecule has 33 heavy (non-hydrogen) atoms. The van der Waals surface area contributed by atoms with Gasteiger partial charge in [-0.15, -0.1) is 0 Å². The summed E-state index contributed by atoms with van der Waals surface area (Å²) < 4.78 is 1.47. The first-order valence-corrected chi connectivity index (χ1v) is 10.8. The van der Waals surface area contributed by atoms with Crippen LogP contribution in [0.4, 0.5) is 0 Å². The van der Waals surface area contributed by atoms with Crippen LogP contribution >= 0.6 is 0 Å². The first kappa shape index (κ1) is 20.7. The van der Waals surface area contributed by atoms with E-state index in [1.165, 1.54) is 9.58 Å². The lowest BCUT2D eigenvalue weighted by Gasteiger charge is -2.27. The molecule has 0 spiro atoms. The Bertz CT molecular complexity index is 1440. The number of rotatable bonds is 5. The summed E-state index contributed by atoms with van der Waals surface area (Å²) in [7, 11) is 0. The average Bonchev–Trinajstić information content (AvgIpc) is 2.80. The lowest BCUT2D eigenvalue weighted by Crippen LogP contribution is -2.38. The number of benzene rings is 2. The van der Waals surface area contributed by atoms with Crippen LogP contribution < -0.4 is 16.7 Å². The van der Waals surface area contributed by atoms with Crippen molar-refractivity contribution in [3.8, 4) is 0 Å². The van der Waals surface area contributed by atoms with E-state index in [0.717, 1.165) is 24.8 Å². The van der Waals surface area contributed by atoms with Crippen LogP contribution in [0.2, 0.25) is 0 Å². The number of H-pyrrole nitrogens is 1. The monoisotopic (exact) mass is 442 g/mol. The number of allylic oxidation sites excluding steroid dienone is 2. The fraction of sp³-hybridized carbons (Fsp3) is 0.200. The predicted octanol–water partition coefficient (Wildman–Crippen LogP) is 2.47. The molecule has 0 saturated heterocycles. The van der Waals surface area contributed by atoms with Gasteiger partial charge in [-0.1, -0.05) is 30.7 Å². The van der Waals surface area contributed by atoms with Crippen molar-refractivity contribution in [3.63, 3.8) is 0 Å². The van der Waals surface area contributed by atoms with E-state index in [1.54, 1.807) is 60.9 Å². The second-order valence-corrected chi connectivity index (χ2v) is 8.27. The van der Waals surface area contributed by atoms with Gasteiger partial charge in [0.1, 0.15) is 0 Å². The molecule has 166 valence electrons. The summed E-state index contributed by atoms with van der Waals surface area (Å²) in [5.74, 6) is -0.0927. The smallest absolute Gasteiger partial charge is 0.298 e. The number of ketones is 1. The van der Waals surface area contributed by atoms with Crippen molar-refractivity contribution >= 4 is 22.6 Å². The maximum absolute atomic E-state index is 13.0. The average molecular weight is 442 g/mol. The number of Topliss-reactive ketones (excluding diaryl/α,β-unsaturated/α-hetero) is 1. The minimum atomic E-state index is -0.509. The summed E-state index contributed by atoms with van der Waals surface area (Å²) >= 11 is 0. The van der Waals surface area contributed by atoms with Crippen LogP contribution in [0.25, 0.3) is 10.9 Å². The maximum atomic E-state index is 13.0. The lowest BCUT2D eigenvalue weighted by atomic mass is 9.80. The largest absolute Gasteiger partial charge is 0.329 e. The molecule has 1 fully saturated rings. The Hall–Kier alpha value is -4.20. The Morgan fingerprint density at radius 2 is 1.85 bits per heavy atom. The molecule has 2 heterocycles. The van der Waals surface area contributed by atoms with E-state index in [4.69, 9.17) is 0 Å². The van der Waals surface area contributed by atoms with E-state index in [9.17, 15) is 19.2 Å². The molecule has 5 rings (SSSR count). The molecule has 2 aromatic carbocycles. The zero-order valence-corrected chi connectivity index (χ0v) is 17.8. The highest BCUT2D eigenvalue weighted by atomic mass is 16.2. The highest BCUT2D eigenvalue weighted by Crippen LogP contribution is 2.30. The third kappa shape index (κ3) is 3.91. The number of hydrogen-bond donors (Lipinski definition) is 2. The summed E-state index contributed by atoms with van der Waals surface area (Å²) in [6.07, 6.45) is 7.71. The Kier molecular flexibility index (Phi) is 5.26. The van der Waals surface area contributed by atoms with Crippen LogP contribution in [0.1, 0.15) is 35.2 Å². The number of hydrazine groups is 1. The molecule has 1 aliphatic carbocycles. The summed E-state index contributed by atoms with van der Waals surface area (Å²) in [6, 6.07) is 13.9. The maximum Gasteiger partial charge on any atom is 0.329 e. The summed E-state index contributed by atoms with van der Waals surface area (Å²) in [5, 5.41) is 1.74. The van der Waals surface area contributed by atoms with Crippen LogP contribution in [0.15, 0.2) is 82.2 Å². The van der Waals surface area contributed by atoms with Crippen molar-refractivity contribution in [2.75, 3.05) is 0 Å². The van der Waals surface area contributed by atoms with E-state index in [1.807, 2.05) is 6.07 Å². The molecule has 0 radical (unpaired) electrons. The standard InChI is InChI=1S/C25H22N4O4/c30-22(17-6-4-7-17)19-11-12-29(26-14-19)24(32)18-8-3-5-16(13-18)15-28-21-10-2-1-9-20(21)23(31)27-25(28)33/h1-3,5,8-14,17,26H,4,6-7,15H2,(H,27,31,33). The molecule has 1 aliphatic heterocycles. The van der Waals surface area contributed by atoms with E-state index >= 15 is 0 Å². The van der Waals surface area contributed by atoms with Gasteiger partial charge in [-0.05, 0) is 48.7 Å². The first-order valence-electron chi connectivity index (χ1n) is 10.8. The van der Waals surface area contributed by atoms with Crippen LogP contribution in [0.5, 0.6) is 0 Å². The van der Waals surface area contributed by atoms with E-state index < -0.39 is 11.2 Å².